The van der Waals surface area contributed by atoms with Crippen LogP contribution in [0.1, 0.15) is 37.4 Å². The number of benzene rings is 2. The van der Waals surface area contributed by atoms with Crippen molar-refractivity contribution < 1.29 is 18.3 Å². The molecule has 8 heteroatoms. The van der Waals surface area contributed by atoms with E-state index in [1.54, 1.807) is 18.2 Å². The van der Waals surface area contributed by atoms with Gasteiger partial charge in [0.05, 0.1) is 25.2 Å². The molecule has 2 aromatic carbocycles. The van der Waals surface area contributed by atoms with E-state index in [1.807, 2.05) is 0 Å². The molecule has 1 fully saturated rings. The Morgan fingerprint density at radius 1 is 1.03 bits per heavy atom. The maximum absolute atomic E-state index is 11.6. The number of ether oxygens (including phenoxy) is 1. The molecule has 32 heavy (non-hydrogen) atoms. The molecule has 1 atom stereocenters. The second-order valence-corrected chi connectivity index (χ2v) is 10.1. The minimum absolute atomic E-state index is 0.348. The maximum atomic E-state index is 11.6. The summed E-state index contributed by atoms with van der Waals surface area (Å²) >= 11 is 0. The molecule has 0 radical (unpaired) electrons. The fraction of sp³-hybridized carbons (Fsp3) is 0.500. The van der Waals surface area contributed by atoms with Gasteiger partial charge < -0.3 is 14.7 Å². The van der Waals surface area contributed by atoms with Crippen molar-refractivity contribution >= 4 is 21.4 Å². The molecule has 3 rings (SSSR count). The molecule has 1 heterocycles. The van der Waals surface area contributed by atoms with E-state index in [4.69, 9.17) is 4.74 Å². The highest BCUT2D eigenvalue weighted by atomic mass is 32.2. The summed E-state index contributed by atoms with van der Waals surface area (Å²) in [5.41, 5.74) is 2.34. The average Bonchev–Trinajstić information content (AvgIpc) is 2.78. The monoisotopic (exact) mass is 461 g/mol. The molecule has 0 aromatic heterocycles. The van der Waals surface area contributed by atoms with Gasteiger partial charge in [0.1, 0.15) is 5.75 Å². The Balaban J connectivity index is 1.37. The SMILES string of the molecule is COc1ccc(C(O)CCCCCN2CCN(c3ccccc3)CC2)cc1NS(C)(=O)=O. The number of nitrogens with one attached hydrogen (secondary N) is 1. The van der Waals surface area contributed by atoms with Crippen LogP contribution >= 0.6 is 0 Å². The van der Waals surface area contributed by atoms with Gasteiger partial charge in [-0.3, -0.25) is 9.62 Å². The van der Waals surface area contributed by atoms with Crippen LogP contribution in [0.15, 0.2) is 48.5 Å². The number of rotatable bonds is 11. The first-order valence-electron chi connectivity index (χ1n) is 11.2. The Kier molecular flexibility index (Phi) is 8.78. The zero-order chi connectivity index (χ0) is 23.0. The Bertz CT molecular complexity index is 945. The predicted molar refractivity (Wildman–Crippen MR) is 130 cm³/mol. The van der Waals surface area contributed by atoms with Crippen molar-refractivity contribution in [3.8, 4) is 5.75 Å². The lowest BCUT2D eigenvalue weighted by Crippen LogP contribution is -2.46. The van der Waals surface area contributed by atoms with Crippen LogP contribution in [0.4, 0.5) is 11.4 Å². The molecule has 176 valence electrons. The van der Waals surface area contributed by atoms with Gasteiger partial charge in [0.2, 0.25) is 10.0 Å². The van der Waals surface area contributed by atoms with Crippen molar-refractivity contribution in [2.24, 2.45) is 0 Å². The standard InChI is InChI=1S/C24H35N3O4S/c1-31-24-13-12-20(19-22(24)25-32(2,29)30)23(28)11-7-4-8-14-26-15-17-27(18-16-26)21-9-5-3-6-10-21/h3,5-6,9-10,12-13,19,23,25,28H,4,7-8,11,14-18H2,1-2H3. The molecule has 0 aliphatic carbocycles. The van der Waals surface area contributed by atoms with Gasteiger partial charge in [0, 0.05) is 31.9 Å². The lowest BCUT2D eigenvalue weighted by atomic mass is 10.0. The van der Waals surface area contributed by atoms with Crippen LogP contribution in [-0.4, -0.2) is 64.5 Å². The van der Waals surface area contributed by atoms with Crippen molar-refractivity contribution in [1.82, 2.24) is 4.90 Å². The Hall–Kier alpha value is -2.29. The van der Waals surface area contributed by atoms with E-state index in [2.05, 4.69) is 44.9 Å². The summed E-state index contributed by atoms with van der Waals surface area (Å²) in [5, 5.41) is 10.6. The highest BCUT2D eigenvalue weighted by Gasteiger charge is 2.17. The van der Waals surface area contributed by atoms with Gasteiger partial charge in [-0.1, -0.05) is 37.1 Å². The van der Waals surface area contributed by atoms with E-state index in [0.717, 1.165) is 58.2 Å². The minimum Gasteiger partial charge on any atom is -0.495 e. The summed E-state index contributed by atoms with van der Waals surface area (Å²) in [6.45, 7) is 5.37. The van der Waals surface area contributed by atoms with Gasteiger partial charge in [-0.05, 0) is 49.2 Å². The molecule has 0 saturated carbocycles. The van der Waals surface area contributed by atoms with Gasteiger partial charge in [-0.15, -0.1) is 0 Å². The Morgan fingerprint density at radius 2 is 1.75 bits per heavy atom. The van der Waals surface area contributed by atoms with Crippen molar-refractivity contribution in [3.05, 3.63) is 54.1 Å². The van der Waals surface area contributed by atoms with E-state index in [-0.39, 0.29) is 0 Å². The van der Waals surface area contributed by atoms with Crippen molar-refractivity contribution in [2.45, 2.75) is 31.8 Å². The van der Waals surface area contributed by atoms with Crippen LogP contribution in [0.25, 0.3) is 0 Å². The number of nitrogens with zero attached hydrogens (tertiary/aromatic N) is 2. The normalized spacial score (nSPS) is 16.0. The van der Waals surface area contributed by atoms with Crippen LogP contribution in [-0.2, 0) is 10.0 Å². The van der Waals surface area contributed by atoms with E-state index in [9.17, 15) is 13.5 Å². The molecule has 0 spiro atoms. The fourth-order valence-electron chi connectivity index (χ4n) is 4.10. The number of para-hydroxylation sites is 1. The molecule has 1 aliphatic heterocycles. The highest BCUT2D eigenvalue weighted by Crippen LogP contribution is 2.30. The second-order valence-electron chi connectivity index (χ2n) is 8.36. The van der Waals surface area contributed by atoms with E-state index in [0.29, 0.717) is 23.4 Å². The maximum Gasteiger partial charge on any atom is 0.229 e. The largest absolute Gasteiger partial charge is 0.495 e. The number of hydrogen-bond acceptors (Lipinski definition) is 6. The number of piperazine rings is 1. The summed E-state index contributed by atoms with van der Waals surface area (Å²) < 4.78 is 30.8. The van der Waals surface area contributed by atoms with E-state index < -0.39 is 16.1 Å². The summed E-state index contributed by atoms with van der Waals surface area (Å²) in [6.07, 6.45) is 4.20. The number of sulfonamides is 1. The van der Waals surface area contributed by atoms with Gasteiger partial charge >= 0.3 is 0 Å². The summed E-state index contributed by atoms with van der Waals surface area (Å²) in [4.78, 5) is 4.96. The molecule has 0 amide bonds. The number of unbranched alkanes of at least 4 members (excludes halogenated alkanes) is 2. The van der Waals surface area contributed by atoms with E-state index in [1.165, 1.54) is 12.8 Å². The molecule has 2 N–H and O–H groups in total. The van der Waals surface area contributed by atoms with Gasteiger partial charge in [0.15, 0.2) is 0 Å². The van der Waals surface area contributed by atoms with Crippen molar-refractivity contribution in [2.75, 3.05) is 55.7 Å². The van der Waals surface area contributed by atoms with Crippen LogP contribution in [0.2, 0.25) is 0 Å². The molecule has 1 aliphatic rings. The zero-order valence-corrected chi connectivity index (χ0v) is 19.9. The summed E-state index contributed by atoms with van der Waals surface area (Å²) in [7, 11) is -1.94. The van der Waals surface area contributed by atoms with Crippen LogP contribution < -0.4 is 14.4 Å². The number of aliphatic hydroxyl groups excluding tert-OH is 1. The van der Waals surface area contributed by atoms with Crippen LogP contribution in [0.5, 0.6) is 5.75 Å². The van der Waals surface area contributed by atoms with Gasteiger partial charge in [0.25, 0.3) is 0 Å². The third-order valence-corrected chi connectivity index (χ3v) is 6.44. The topological polar surface area (TPSA) is 82.1 Å². The first kappa shape index (κ1) is 24.4. The number of anilines is 2. The number of methoxy groups -OCH3 is 1. The van der Waals surface area contributed by atoms with Crippen molar-refractivity contribution in [1.29, 1.82) is 0 Å². The van der Waals surface area contributed by atoms with Crippen LogP contribution in [0, 0.1) is 0 Å². The van der Waals surface area contributed by atoms with Crippen LogP contribution in [0.3, 0.4) is 0 Å². The lowest BCUT2D eigenvalue weighted by molar-refractivity contribution is 0.162. The number of hydrogen-bond donors (Lipinski definition) is 2. The second kappa shape index (κ2) is 11.5. The van der Waals surface area contributed by atoms with Crippen molar-refractivity contribution in [3.63, 3.8) is 0 Å². The summed E-state index contributed by atoms with van der Waals surface area (Å²) in [6, 6.07) is 15.7. The fourth-order valence-corrected chi connectivity index (χ4v) is 4.66. The summed E-state index contributed by atoms with van der Waals surface area (Å²) in [5.74, 6) is 0.429. The zero-order valence-electron chi connectivity index (χ0n) is 19.0. The first-order valence-corrected chi connectivity index (χ1v) is 13.1. The first-order chi connectivity index (χ1) is 15.4. The van der Waals surface area contributed by atoms with Gasteiger partial charge in [-0.25, -0.2) is 8.42 Å². The molecular formula is C24H35N3O4S. The predicted octanol–water partition coefficient (Wildman–Crippen LogP) is 3.48. The smallest absolute Gasteiger partial charge is 0.229 e. The lowest BCUT2D eigenvalue weighted by Gasteiger charge is -2.36. The quantitative estimate of drug-likeness (QED) is 0.499. The third kappa shape index (κ3) is 7.39. The molecule has 7 nitrogen and oxygen atoms in total. The molecule has 2 aromatic rings. The molecule has 1 unspecified atom stereocenters. The molecular weight excluding hydrogens is 426 g/mol. The Morgan fingerprint density at radius 3 is 2.41 bits per heavy atom. The highest BCUT2D eigenvalue weighted by molar-refractivity contribution is 7.92. The number of aliphatic hydroxyl groups is 1. The average molecular weight is 462 g/mol. The molecule has 0 bridgehead atoms. The van der Waals surface area contributed by atoms with Gasteiger partial charge in [-0.2, -0.15) is 0 Å². The Labute approximate surface area is 192 Å². The minimum atomic E-state index is -3.43. The van der Waals surface area contributed by atoms with E-state index >= 15 is 0 Å². The molecule has 1 saturated heterocycles. The third-order valence-electron chi connectivity index (χ3n) is 5.85.